The topological polar surface area (TPSA) is 68.1 Å². The van der Waals surface area contributed by atoms with Crippen LogP contribution in [0.1, 0.15) is 19.4 Å². The van der Waals surface area contributed by atoms with Crippen LogP contribution in [0.2, 0.25) is 0 Å². The van der Waals surface area contributed by atoms with Crippen LogP contribution in [0.25, 0.3) is 11.3 Å². The molecule has 5 heteroatoms. The summed E-state index contributed by atoms with van der Waals surface area (Å²) in [6.07, 6.45) is 0.130. The zero-order chi connectivity index (χ0) is 14.7. The van der Waals surface area contributed by atoms with Crippen LogP contribution >= 0.6 is 12.2 Å². The van der Waals surface area contributed by atoms with E-state index in [-0.39, 0.29) is 16.7 Å². The van der Waals surface area contributed by atoms with Gasteiger partial charge in [0.2, 0.25) is 0 Å². The zero-order valence-electron chi connectivity index (χ0n) is 11.3. The number of hydrogen-bond donors (Lipinski definition) is 2. The van der Waals surface area contributed by atoms with Gasteiger partial charge >= 0.3 is 0 Å². The summed E-state index contributed by atoms with van der Waals surface area (Å²) in [5, 5.41) is 0. The molecule has 0 aliphatic carbocycles. The lowest BCUT2D eigenvalue weighted by molar-refractivity contribution is 0.242. The number of aromatic amines is 1. The summed E-state index contributed by atoms with van der Waals surface area (Å²) in [6.45, 7) is 3.94. The van der Waals surface area contributed by atoms with E-state index in [1.54, 1.807) is 12.1 Å². The van der Waals surface area contributed by atoms with Gasteiger partial charge in [-0.2, -0.15) is 0 Å². The first kappa shape index (κ1) is 14.3. The molecule has 1 heterocycles. The third-order valence-corrected chi connectivity index (χ3v) is 2.93. The number of H-pyrrole nitrogens is 1. The Labute approximate surface area is 122 Å². The number of thiocarbonyl (C=S) groups is 1. The fraction of sp³-hybridized carbons (Fsp3) is 0.200. The highest BCUT2D eigenvalue weighted by Crippen LogP contribution is 2.20. The molecule has 104 valence electrons. The van der Waals surface area contributed by atoms with Gasteiger partial charge in [0.1, 0.15) is 10.7 Å². The lowest BCUT2D eigenvalue weighted by Gasteiger charge is -2.10. The Hall–Kier alpha value is -2.14. The van der Waals surface area contributed by atoms with Gasteiger partial charge < -0.3 is 15.5 Å². The summed E-state index contributed by atoms with van der Waals surface area (Å²) in [5.74, 6) is 0.797. The number of nitrogens with two attached hydrogens (primary N) is 1. The summed E-state index contributed by atoms with van der Waals surface area (Å²) >= 11 is 4.81. The number of hydrogen-bond acceptors (Lipinski definition) is 3. The van der Waals surface area contributed by atoms with Crippen LogP contribution in [0, 0.1) is 0 Å². The fourth-order valence-electron chi connectivity index (χ4n) is 1.82. The standard InChI is InChI=1S/C15H16N2O2S/c1-9(2)19-11-5-3-10(4-6-11)13-8-7-12(14(16)20)15(18)17-13/h3-9H,1-2H3,(H2,16,20)(H,17,18). The Morgan fingerprint density at radius 1 is 1.20 bits per heavy atom. The van der Waals surface area contributed by atoms with Gasteiger partial charge in [0.05, 0.1) is 11.7 Å². The van der Waals surface area contributed by atoms with Crippen LogP contribution in [-0.4, -0.2) is 16.1 Å². The molecule has 0 aliphatic heterocycles. The van der Waals surface area contributed by atoms with Crippen molar-refractivity contribution in [3.05, 3.63) is 52.3 Å². The normalized spacial score (nSPS) is 10.6. The summed E-state index contributed by atoms with van der Waals surface area (Å²) in [5.41, 5.74) is 7.12. The molecule has 0 radical (unpaired) electrons. The maximum absolute atomic E-state index is 11.8. The van der Waals surface area contributed by atoms with E-state index in [2.05, 4.69) is 4.98 Å². The van der Waals surface area contributed by atoms with Crippen molar-refractivity contribution in [3.8, 4) is 17.0 Å². The summed E-state index contributed by atoms with van der Waals surface area (Å²) in [4.78, 5) is 14.7. The Kier molecular flexibility index (Phi) is 4.20. The summed E-state index contributed by atoms with van der Waals surface area (Å²) < 4.78 is 5.57. The number of rotatable bonds is 4. The molecule has 0 spiro atoms. The number of nitrogens with one attached hydrogen (secondary N) is 1. The average molecular weight is 288 g/mol. The maximum atomic E-state index is 11.8. The number of pyridine rings is 1. The van der Waals surface area contributed by atoms with Gasteiger partial charge in [0.15, 0.2) is 0 Å². The summed E-state index contributed by atoms with van der Waals surface area (Å²) in [7, 11) is 0. The second-order valence-corrected chi connectivity index (χ2v) is 5.11. The lowest BCUT2D eigenvalue weighted by atomic mass is 10.1. The molecule has 3 N–H and O–H groups in total. The monoisotopic (exact) mass is 288 g/mol. The van der Waals surface area contributed by atoms with Crippen LogP contribution in [0.4, 0.5) is 0 Å². The van der Waals surface area contributed by atoms with E-state index in [0.29, 0.717) is 11.3 Å². The molecular formula is C15H16N2O2S. The molecule has 4 nitrogen and oxygen atoms in total. The van der Waals surface area contributed by atoms with Gasteiger partial charge in [-0.1, -0.05) is 12.2 Å². The van der Waals surface area contributed by atoms with Crippen LogP contribution in [0.3, 0.4) is 0 Å². The van der Waals surface area contributed by atoms with Crippen molar-refractivity contribution in [2.45, 2.75) is 20.0 Å². The quantitative estimate of drug-likeness (QED) is 0.848. The van der Waals surface area contributed by atoms with Crippen molar-refractivity contribution < 1.29 is 4.74 Å². The first-order valence-electron chi connectivity index (χ1n) is 6.27. The van der Waals surface area contributed by atoms with Crippen LogP contribution < -0.4 is 16.0 Å². The van der Waals surface area contributed by atoms with Crippen molar-refractivity contribution in [3.63, 3.8) is 0 Å². The Bertz CT molecular complexity index is 675. The molecule has 0 saturated heterocycles. The van der Waals surface area contributed by atoms with Crippen molar-refractivity contribution in [2.75, 3.05) is 0 Å². The molecule has 2 rings (SSSR count). The van der Waals surface area contributed by atoms with Crippen molar-refractivity contribution in [1.29, 1.82) is 0 Å². The van der Waals surface area contributed by atoms with Gasteiger partial charge in [0, 0.05) is 5.69 Å². The molecule has 2 aromatic rings. The van der Waals surface area contributed by atoms with Gasteiger partial charge in [0.25, 0.3) is 5.56 Å². The van der Waals surface area contributed by atoms with Crippen LogP contribution in [-0.2, 0) is 0 Å². The maximum Gasteiger partial charge on any atom is 0.258 e. The highest BCUT2D eigenvalue weighted by atomic mass is 32.1. The minimum absolute atomic E-state index is 0.0958. The average Bonchev–Trinajstić information content (AvgIpc) is 2.38. The van der Waals surface area contributed by atoms with E-state index in [4.69, 9.17) is 22.7 Å². The molecule has 1 aromatic carbocycles. The Morgan fingerprint density at radius 2 is 1.85 bits per heavy atom. The van der Waals surface area contributed by atoms with Crippen molar-refractivity contribution in [1.82, 2.24) is 4.98 Å². The Balaban J connectivity index is 2.30. The third kappa shape index (κ3) is 3.24. The summed E-state index contributed by atoms with van der Waals surface area (Å²) in [6, 6.07) is 10.9. The third-order valence-electron chi connectivity index (χ3n) is 2.71. The minimum atomic E-state index is -0.280. The van der Waals surface area contributed by atoms with E-state index < -0.39 is 0 Å². The Morgan fingerprint density at radius 3 is 2.35 bits per heavy atom. The molecule has 0 amide bonds. The predicted octanol–water partition coefficient (Wildman–Crippen LogP) is 2.46. The molecule has 0 bridgehead atoms. The second kappa shape index (κ2) is 5.88. The van der Waals surface area contributed by atoms with E-state index in [0.717, 1.165) is 11.3 Å². The van der Waals surface area contributed by atoms with E-state index in [1.807, 2.05) is 38.1 Å². The largest absolute Gasteiger partial charge is 0.491 e. The SMILES string of the molecule is CC(C)Oc1ccc(-c2ccc(C(N)=S)c(=O)[nH]2)cc1. The van der Waals surface area contributed by atoms with Crippen molar-refractivity contribution in [2.24, 2.45) is 5.73 Å². The second-order valence-electron chi connectivity index (χ2n) is 4.67. The fourth-order valence-corrected chi connectivity index (χ4v) is 1.98. The molecule has 0 saturated carbocycles. The zero-order valence-corrected chi connectivity index (χ0v) is 12.2. The molecule has 20 heavy (non-hydrogen) atoms. The lowest BCUT2D eigenvalue weighted by Crippen LogP contribution is -2.22. The molecular weight excluding hydrogens is 272 g/mol. The van der Waals surface area contributed by atoms with Gasteiger partial charge in [-0.05, 0) is 55.8 Å². The number of ether oxygens (including phenoxy) is 1. The smallest absolute Gasteiger partial charge is 0.258 e. The van der Waals surface area contributed by atoms with Crippen LogP contribution in [0.5, 0.6) is 5.75 Å². The molecule has 0 atom stereocenters. The highest BCUT2D eigenvalue weighted by Gasteiger charge is 2.05. The number of aromatic nitrogens is 1. The van der Waals surface area contributed by atoms with Crippen molar-refractivity contribution >= 4 is 17.2 Å². The van der Waals surface area contributed by atoms with E-state index in [9.17, 15) is 4.79 Å². The predicted molar refractivity (Wildman–Crippen MR) is 84.2 cm³/mol. The number of benzene rings is 1. The van der Waals surface area contributed by atoms with E-state index >= 15 is 0 Å². The van der Waals surface area contributed by atoms with Gasteiger partial charge in [-0.25, -0.2) is 0 Å². The molecule has 1 aromatic heterocycles. The van der Waals surface area contributed by atoms with Gasteiger partial charge in [-0.15, -0.1) is 0 Å². The molecule has 0 unspecified atom stereocenters. The first-order valence-corrected chi connectivity index (χ1v) is 6.68. The highest BCUT2D eigenvalue weighted by molar-refractivity contribution is 7.80. The van der Waals surface area contributed by atoms with Gasteiger partial charge in [-0.3, -0.25) is 4.79 Å². The first-order chi connectivity index (χ1) is 9.47. The van der Waals surface area contributed by atoms with E-state index in [1.165, 1.54) is 0 Å². The minimum Gasteiger partial charge on any atom is -0.491 e. The molecule has 0 aliphatic rings. The molecule has 0 fully saturated rings. The van der Waals surface area contributed by atoms with Crippen LogP contribution in [0.15, 0.2) is 41.2 Å².